The largest absolute Gasteiger partial charge is 0.477 e. The molecule has 1 saturated heterocycles. The molecular formula is C10H14N2O5. The fraction of sp³-hybridized carbons (Fsp3) is 0.500. The Hall–Kier alpha value is -2.05. The van der Waals surface area contributed by atoms with Gasteiger partial charge in [-0.3, -0.25) is 0 Å². The number of urea groups is 1. The predicted octanol–water partition coefficient (Wildman–Crippen LogP) is -0.127. The molecule has 0 aliphatic carbocycles. The third kappa shape index (κ3) is 3.47. The fourth-order valence-corrected chi connectivity index (χ4v) is 1.76. The molecule has 17 heavy (non-hydrogen) atoms. The molecule has 0 spiro atoms. The second-order valence-corrected chi connectivity index (χ2v) is 3.85. The lowest BCUT2D eigenvalue weighted by Gasteiger charge is -2.29. The molecule has 0 saturated carbocycles. The molecule has 0 radical (unpaired) electrons. The van der Waals surface area contributed by atoms with E-state index in [0.717, 1.165) is 0 Å². The quantitative estimate of drug-likeness (QED) is 0.361. The number of hydrogen-bond donors (Lipinski definition) is 3. The van der Waals surface area contributed by atoms with Gasteiger partial charge in [-0.2, -0.15) is 0 Å². The molecule has 0 aromatic rings. The van der Waals surface area contributed by atoms with Gasteiger partial charge in [-0.15, -0.1) is 0 Å². The van der Waals surface area contributed by atoms with E-state index in [-0.39, 0.29) is 5.92 Å². The van der Waals surface area contributed by atoms with Crippen LogP contribution >= 0.6 is 0 Å². The Labute approximate surface area is 97.5 Å². The molecule has 7 nitrogen and oxygen atoms in total. The summed E-state index contributed by atoms with van der Waals surface area (Å²) in [4.78, 5) is 33.6. The Kier molecular flexibility index (Phi) is 4.08. The van der Waals surface area contributed by atoms with E-state index in [2.05, 4.69) is 0 Å². The number of carboxylic acid groups (broad SMARTS) is 2. The highest BCUT2D eigenvalue weighted by Gasteiger charge is 2.23. The minimum absolute atomic E-state index is 0.146. The lowest BCUT2D eigenvalue weighted by Crippen LogP contribution is -2.41. The van der Waals surface area contributed by atoms with Gasteiger partial charge >= 0.3 is 18.0 Å². The maximum atomic E-state index is 10.8. The summed E-state index contributed by atoms with van der Waals surface area (Å²) in [6.07, 6.45) is 2.28. The molecule has 7 heteroatoms. The topological polar surface area (TPSA) is 121 Å². The summed E-state index contributed by atoms with van der Waals surface area (Å²) in [5.41, 5.74) is 4.47. The second kappa shape index (κ2) is 5.33. The standard InChI is InChI=1S/C10H14N2O5/c11-10(17)12-3-1-6(2-4-12)5-7(8(13)14)9(15)16/h5-6H,1-4H2,(H2,11,17)(H,13,14)(H,15,16). The summed E-state index contributed by atoms with van der Waals surface area (Å²) in [5, 5.41) is 17.4. The Bertz CT molecular complexity index is 353. The number of allylic oxidation sites excluding steroid dienone is 1. The van der Waals surface area contributed by atoms with Gasteiger partial charge in [-0.1, -0.05) is 6.08 Å². The van der Waals surface area contributed by atoms with E-state index < -0.39 is 23.5 Å². The Morgan fingerprint density at radius 3 is 1.94 bits per heavy atom. The Morgan fingerprint density at radius 1 is 1.12 bits per heavy atom. The zero-order chi connectivity index (χ0) is 13.0. The van der Waals surface area contributed by atoms with Crippen molar-refractivity contribution in [2.24, 2.45) is 11.7 Å². The molecular weight excluding hydrogens is 228 g/mol. The van der Waals surface area contributed by atoms with Crippen LogP contribution in [0.25, 0.3) is 0 Å². The van der Waals surface area contributed by atoms with E-state index in [1.165, 1.54) is 11.0 Å². The van der Waals surface area contributed by atoms with E-state index >= 15 is 0 Å². The number of hydrogen-bond acceptors (Lipinski definition) is 3. The van der Waals surface area contributed by atoms with Crippen LogP contribution in [-0.4, -0.2) is 46.2 Å². The lowest BCUT2D eigenvalue weighted by atomic mass is 9.94. The number of nitrogens with two attached hydrogens (primary N) is 1. The van der Waals surface area contributed by atoms with Crippen LogP contribution in [0.3, 0.4) is 0 Å². The van der Waals surface area contributed by atoms with Crippen LogP contribution in [0.15, 0.2) is 11.6 Å². The van der Waals surface area contributed by atoms with Crippen molar-refractivity contribution < 1.29 is 24.6 Å². The van der Waals surface area contributed by atoms with Crippen molar-refractivity contribution in [2.75, 3.05) is 13.1 Å². The summed E-state index contributed by atoms with van der Waals surface area (Å²) in [7, 11) is 0. The first kappa shape index (κ1) is 13.0. The summed E-state index contributed by atoms with van der Waals surface area (Å²) in [6, 6.07) is -0.510. The first-order valence-corrected chi connectivity index (χ1v) is 5.14. The monoisotopic (exact) mass is 242 g/mol. The first-order chi connectivity index (χ1) is 7.91. The van der Waals surface area contributed by atoms with Gasteiger partial charge in [0.2, 0.25) is 0 Å². The maximum absolute atomic E-state index is 10.8. The average Bonchev–Trinajstić information content (AvgIpc) is 2.25. The van der Waals surface area contributed by atoms with Gasteiger partial charge in [0.15, 0.2) is 0 Å². The number of piperidine rings is 1. The van der Waals surface area contributed by atoms with E-state index in [1.54, 1.807) is 0 Å². The molecule has 1 heterocycles. The molecule has 1 rings (SSSR count). The highest BCUT2D eigenvalue weighted by atomic mass is 16.4. The number of nitrogens with zero attached hydrogens (tertiary/aromatic N) is 1. The van der Waals surface area contributed by atoms with Gasteiger partial charge in [-0.05, 0) is 18.8 Å². The van der Waals surface area contributed by atoms with E-state index in [1.807, 2.05) is 0 Å². The molecule has 0 bridgehead atoms. The molecule has 0 aromatic carbocycles. The minimum Gasteiger partial charge on any atom is -0.477 e. The van der Waals surface area contributed by atoms with Gasteiger partial charge in [0.05, 0.1) is 0 Å². The highest BCUT2D eigenvalue weighted by Crippen LogP contribution is 2.19. The predicted molar refractivity (Wildman–Crippen MR) is 57.2 cm³/mol. The molecule has 1 aliphatic heterocycles. The van der Waals surface area contributed by atoms with Crippen LogP contribution in [0.5, 0.6) is 0 Å². The zero-order valence-corrected chi connectivity index (χ0v) is 9.13. The third-order valence-electron chi connectivity index (χ3n) is 2.71. The van der Waals surface area contributed by atoms with Gasteiger partial charge in [0.1, 0.15) is 5.57 Å². The lowest BCUT2D eigenvalue weighted by molar-refractivity contribution is -0.140. The summed E-state index contributed by atoms with van der Waals surface area (Å²) in [5.74, 6) is -3.04. The van der Waals surface area contributed by atoms with E-state index in [9.17, 15) is 14.4 Å². The highest BCUT2D eigenvalue weighted by molar-refractivity contribution is 6.12. The van der Waals surface area contributed by atoms with Gasteiger partial charge in [0.25, 0.3) is 0 Å². The SMILES string of the molecule is NC(=O)N1CCC(C=C(C(=O)O)C(=O)O)CC1. The van der Waals surface area contributed by atoms with Crippen molar-refractivity contribution in [3.05, 3.63) is 11.6 Å². The number of amides is 2. The molecule has 0 atom stereocenters. The van der Waals surface area contributed by atoms with Crippen LogP contribution in [0.2, 0.25) is 0 Å². The molecule has 2 amide bonds. The van der Waals surface area contributed by atoms with Crippen LogP contribution in [0.4, 0.5) is 4.79 Å². The Balaban J connectivity index is 2.65. The molecule has 4 N–H and O–H groups in total. The van der Waals surface area contributed by atoms with E-state index in [0.29, 0.717) is 25.9 Å². The van der Waals surface area contributed by atoms with Crippen molar-refractivity contribution in [3.63, 3.8) is 0 Å². The third-order valence-corrected chi connectivity index (χ3v) is 2.71. The van der Waals surface area contributed by atoms with Crippen molar-refractivity contribution >= 4 is 18.0 Å². The van der Waals surface area contributed by atoms with Crippen molar-refractivity contribution in [3.8, 4) is 0 Å². The zero-order valence-electron chi connectivity index (χ0n) is 9.13. The molecule has 0 aromatic heterocycles. The van der Waals surface area contributed by atoms with Crippen molar-refractivity contribution in [1.29, 1.82) is 0 Å². The first-order valence-electron chi connectivity index (χ1n) is 5.14. The van der Waals surface area contributed by atoms with E-state index in [4.69, 9.17) is 15.9 Å². The molecule has 1 aliphatic rings. The number of carbonyl (C=O) groups excluding carboxylic acids is 1. The molecule has 1 fully saturated rings. The van der Waals surface area contributed by atoms with Gasteiger partial charge < -0.3 is 20.8 Å². The number of primary amides is 1. The van der Waals surface area contributed by atoms with Crippen LogP contribution < -0.4 is 5.73 Å². The summed E-state index contributed by atoms with van der Waals surface area (Å²) >= 11 is 0. The van der Waals surface area contributed by atoms with Crippen molar-refractivity contribution in [2.45, 2.75) is 12.8 Å². The number of likely N-dealkylation sites (tertiary alicyclic amines) is 1. The van der Waals surface area contributed by atoms with Gasteiger partial charge in [0, 0.05) is 13.1 Å². The number of carbonyl (C=O) groups is 3. The Morgan fingerprint density at radius 2 is 1.59 bits per heavy atom. The number of carboxylic acids is 2. The average molecular weight is 242 g/mol. The smallest absolute Gasteiger partial charge is 0.342 e. The molecule has 94 valence electrons. The maximum Gasteiger partial charge on any atom is 0.342 e. The van der Waals surface area contributed by atoms with Crippen LogP contribution in [0, 0.1) is 5.92 Å². The number of rotatable bonds is 3. The normalized spacial score (nSPS) is 16.4. The summed E-state index contributed by atoms with van der Waals surface area (Å²) < 4.78 is 0. The van der Waals surface area contributed by atoms with Crippen LogP contribution in [-0.2, 0) is 9.59 Å². The number of aliphatic carboxylic acids is 2. The summed E-state index contributed by atoms with van der Waals surface area (Å²) in [6.45, 7) is 0.839. The van der Waals surface area contributed by atoms with Gasteiger partial charge in [-0.25, -0.2) is 14.4 Å². The van der Waals surface area contributed by atoms with Crippen LogP contribution in [0.1, 0.15) is 12.8 Å². The fourth-order valence-electron chi connectivity index (χ4n) is 1.76. The molecule has 0 unspecified atom stereocenters. The minimum atomic E-state index is -1.45. The second-order valence-electron chi connectivity index (χ2n) is 3.85. The van der Waals surface area contributed by atoms with Crippen molar-refractivity contribution in [1.82, 2.24) is 4.90 Å².